The maximum absolute atomic E-state index is 12.6. The maximum atomic E-state index is 12.6. The molecule has 0 radical (unpaired) electrons. The monoisotopic (exact) mass is 399 g/mol. The molecule has 0 saturated carbocycles. The van der Waals surface area contributed by atoms with Gasteiger partial charge in [-0.05, 0) is 42.0 Å². The number of amides is 3. The Morgan fingerprint density at radius 1 is 1.04 bits per heavy atom. The van der Waals surface area contributed by atoms with Crippen molar-refractivity contribution >= 4 is 22.7 Å². The largest absolute Gasteiger partial charge is 0.416 e. The number of urea groups is 1. The number of hydrogen-bond acceptors (Lipinski definition) is 3. The number of carbonyl (C=O) groups is 2. The minimum absolute atomic E-state index is 0.150. The van der Waals surface area contributed by atoms with Crippen LogP contribution in [0.3, 0.4) is 0 Å². The Morgan fingerprint density at radius 3 is 2.30 bits per heavy atom. The lowest BCUT2D eigenvalue weighted by Crippen LogP contribution is -2.46. The Balaban J connectivity index is 1.84. The van der Waals surface area contributed by atoms with Crippen molar-refractivity contribution in [3.63, 3.8) is 0 Å². The molecule has 2 aromatic carbocycles. The van der Waals surface area contributed by atoms with Crippen LogP contribution in [0.15, 0.2) is 53.4 Å². The molecular formula is C17H16F3N3O3S. The van der Waals surface area contributed by atoms with Crippen LogP contribution in [0.5, 0.6) is 0 Å². The predicted molar refractivity (Wildman–Crippen MR) is 93.1 cm³/mol. The molecule has 0 aliphatic rings. The van der Waals surface area contributed by atoms with Crippen molar-refractivity contribution in [2.45, 2.75) is 17.6 Å². The van der Waals surface area contributed by atoms with Crippen LogP contribution in [0.1, 0.15) is 21.5 Å². The average molecular weight is 399 g/mol. The lowest BCUT2D eigenvalue weighted by Gasteiger charge is -2.11. The molecule has 0 fully saturated rings. The van der Waals surface area contributed by atoms with E-state index in [4.69, 9.17) is 0 Å². The number of benzene rings is 2. The molecule has 0 aromatic heterocycles. The van der Waals surface area contributed by atoms with Crippen LogP contribution in [0, 0.1) is 0 Å². The van der Waals surface area contributed by atoms with E-state index in [2.05, 4.69) is 16.2 Å². The van der Waals surface area contributed by atoms with E-state index in [1.165, 1.54) is 42.7 Å². The van der Waals surface area contributed by atoms with E-state index in [1.54, 1.807) is 0 Å². The summed E-state index contributed by atoms with van der Waals surface area (Å²) in [5.41, 5.74) is 3.95. The first-order valence-corrected chi connectivity index (χ1v) is 9.16. The van der Waals surface area contributed by atoms with E-state index in [0.29, 0.717) is 4.90 Å². The highest BCUT2D eigenvalue weighted by molar-refractivity contribution is 7.84. The molecule has 0 aliphatic heterocycles. The first-order chi connectivity index (χ1) is 12.7. The minimum atomic E-state index is -4.47. The van der Waals surface area contributed by atoms with Gasteiger partial charge in [0.1, 0.15) is 0 Å². The molecule has 1 atom stereocenters. The summed E-state index contributed by atoms with van der Waals surface area (Å²) in [6.45, 7) is -0.150. The quantitative estimate of drug-likeness (QED) is 0.691. The fourth-order valence-electron chi connectivity index (χ4n) is 2.07. The summed E-state index contributed by atoms with van der Waals surface area (Å²) in [4.78, 5) is 24.1. The Morgan fingerprint density at radius 2 is 1.70 bits per heavy atom. The summed E-state index contributed by atoms with van der Waals surface area (Å²) in [6, 6.07) is 9.72. The first-order valence-electron chi connectivity index (χ1n) is 7.60. The van der Waals surface area contributed by atoms with E-state index >= 15 is 0 Å². The van der Waals surface area contributed by atoms with Crippen molar-refractivity contribution in [2.24, 2.45) is 0 Å². The first kappa shape index (κ1) is 20.4. The van der Waals surface area contributed by atoms with Crippen molar-refractivity contribution in [2.75, 3.05) is 6.26 Å². The molecule has 0 bridgehead atoms. The van der Waals surface area contributed by atoms with Crippen LogP contribution in [-0.2, 0) is 23.5 Å². The summed E-state index contributed by atoms with van der Waals surface area (Å²) < 4.78 is 49.2. The highest BCUT2D eigenvalue weighted by Gasteiger charge is 2.30. The molecule has 6 nitrogen and oxygen atoms in total. The summed E-state index contributed by atoms with van der Waals surface area (Å²) in [5, 5.41) is 2.34. The van der Waals surface area contributed by atoms with Gasteiger partial charge in [0, 0.05) is 34.1 Å². The van der Waals surface area contributed by atoms with Gasteiger partial charge in [-0.2, -0.15) is 13.2 Å². The lowest BCUT2D eigenvalue weighted by atomic mass is 10.1. The van der Waals surface area contributed by atoms with Gasteiger partial charge in [-0.15, -0.1) is 0 Å². The lowest BCUT2D eigenvalue weighted by molar-refractivity contribution is -0.137. The van der Waals surface area contributed by atoms with Crippen molar-refractivity contribution in [1.82, 2.24) is 16.2 Å². The third-order valence-electron chi connectivity index (χ3n) is 3.45. The topological polar surface area (TPSA) is 87.3 Å². The molecule has 0 saturated heterocycles. The van der Waals surface area contributed by atoms with Crippen LogP contribution in [0.25, 0.3) is 0 Å². The SMILES string of the molecule is CS(=O)c1ccc(C(=O)NNC(=O)NCc2cccc(C(F)(F)F)c2)cc1. The average Bonchev–Trinajstić information content (AvgIpc) is 2.64. The van der Waals surface area contributed by atoms with Crippen molar-refractivity contribution in [1.29, 1.82) is 0 Å². The third kappa shape index (κ3) is 6.10. The Labute approximate surface area is 155 Å². The predicted octanol–water partition coefficient (Wildman–Crippen LogP) is 2.59. The maximum Gasteiger partial charge on any atom is 0.416 e. The Hall–Kier alpha value is -2.88. The van der Waals surface area contributed by atoms with Gasteiger partial charge >= 0.3 is 12.2 Å². The van der Waals surface area contributed by atoms with Crippen LogP contribution in [0.2, 0.25) is 0 Å². The van der Waals surface area contributed by atoms with Crippen LogP contribution >= 0.6 is 0 Å². The van der Waals surface area contributed by atoms with E-state index < -0.39 is 34.5 Å². The second-order valence-electron chi connectivity index (χ2n) is 5.44. The van der Waals surface area contributed by atoms with Crippen molar-refractivity contribution < 1.29 is 27.0 Å². The molecule has 27 heavy (non-hydrogen) atoms. The number of carbonyl (C=O) groups excluding carboxylic acids is 2. The number of hydrogen-bond donors (Lipinski definition) is 3. The van der Waals surface area contributed by atoms with Gasteiger partial charge in [0.2, 0.25) is 0 Å². The van der Waals surface area contributed by atoms with E-state index in [0.717, 1.165) is 12.1 Å². The van der Waals surface area contributed by atoms with Gasteiger partial charge < -0.3 is 5.32 Å². The molecule has 0 heterocycles. The summed E-state index contributed by atoms with van der Waals surface area (Å²) in [5.74, 6) is -0.599. The highest BCUT2D eigenvalue weighted by Crippen LogP contribution is 2.29. The van der Waals surface area contributed by atoms with Crippen molar-refractivity contribution in [3.8, 4) is 0 Å². The Bertz CT molecular complexity index is 854. The number of halogens is 3. The molecular weight excluding hydrogens is 383 g/mol. The van der Waals surface area contributed by atoms with Crippen molar-refractivity contribution in [3.05, 3.63) is 65.2 Å². The summed E-state index contributed by atoms with van der Waals surface area (Å²) in [6.07, 6.45) is -2.96. The zero-order valence-corrected chi connectivity index (χ0v) is 14.9. The standard InChI is InChI=1S/C17H16F3N3O3S/c1-27(26)14-7-5-12(6-8-14)15(24)22-23-16(25)21-10-11-3-2-4-13(9-11)17(18,19)20/h2-9H,10H2,1H3,(H,22,24)(H2,21,23,25). The molecule has 0 aliphatic carbocycles. The zero-order valence-electron chi connectivity index (χ0n) is 14.1. The van der Waals surface area contributed by atoms with Gasteiger partial charge in [-0.1, -0.05) is 12.1 Å². The number of alkyl halides is 3. The summed E-state index contributed by atoms with van der Waals surface area (Å²) >= 11 is 0. The van der Waals surface area contributed by atoms with Crippen LogP contribution < -0.4 is 16.2 Å². The normalized spacial score (nSPS) is 12.1. The van der Waals surface area contributed by atoms with Gasteiger partial charge in [-0.25, -0.2) is 10.2 Å². The fraction of sp³-hybridized carbons (Fsp3) is 0.176. The zero-order chi connectivity index (χ0) is 20.0. The second kappa shape index (κ2) is 8.67. The van der Waals surface area contributed by atoms with Crippen LogP contribution in [-0.4, -0.2) is 22.4 Å². The second-order valence-corrected chi connectivity index (χ2v) is 6.82. The third-order valence-corrected chi connectivity index (χ3v) is 4.38. The molecule has 144 valence electrons. The highest BCUT2D eigenvalue weighted by atomic mass is 32.2. The van der Waals surface area contributed by atoms with Gasteiger partial charge in [-0.3, -0.25) is 14.4 Å². The van der Waals surface area contributed by atoms with Gasteiger partial charge in [0.15, 0.2) is 0 Å². The number of hydrazine groups is 1. The Kier molecular flexibility index (Phi) is 6.56. The molecule has 3 N–H and O–H groups in total. The number of nitrogens with one attached hydrogen (secondary N) is 3. The molecule has 3 amide bonds. The smallest absolute Gasteiger partial charge is 0.333 e. The van der Waals surface area contributed by atoms with E-state index in [-0.39, 0.29) is 17.7 Å². The molecule has 0 spiro atoms. The number of rotatable bonds is 4. The van der Waals surface area contributed by atoms with Gasteiger partial charge in [0.05, 0.1) is 5.56 Å². The fourth-order valence-corrected chi connectivity index (χ4v) is 2.59. The molecule has 2 aromatic rings. The minimum Gasteiger partial charge on any atom is -0.333 e. The summed E-state index contributed by atoms with van der Waals surface area (Å²) in [7, 11) is -1.17. The molecule has 10 heteroatoms. The van der Waals surface area contributed by atoms with E-state index in [1.807, 2.05) is 0 Å². The van der Waals surface area contributed by atoms with Crippen LogP contribution in [0.4, 0.5) is 18.0 Å². The van der Waals surface area contributed by atoms with E-state index in [9.17, 15) is 27.0 Å². The van der Waals surface area contributed by atoms with Gasteiger partial charge in [0.25, 0.3) is 5.91 Å². The molecule has 2 rings (SSSR count). The molecule has 1 unspecified atom stereocenters.